The molecule has 212 valence electrons. The standard InChI is InChI=1S/C24H34N6O5S.2ClH/c1-17-14-19(27-24(31)21-15-22(35-28-21)18-2-3-18)6-8-30(17)36(32,33)20-4-5-23(26-16-20)25-7-9-29-10-12-34-13-11-29;;/h4-5,15-19H,2-3,6-14H2,1H3,(H,25,26)(H,27,31);2*1H/t17-,19-;;/m0../s1. The van der Waals surface area contributed by atoms with Crippen molar-refractivity contribution in [2.75, 3.05) is 51.3 Å². The largest absolute Gasteiger partial charge is 0.379 e. The third kappa shape index (κ3) is 7.36. The van der Waals surface area contributed by atoms with Crippen molar-refractivity contribution >= 4 is 46.6 Å². The van der Waals surface area contributed by atoms with Gasteiger partial charge in [0.15, 0.2) is 5.69 Å². The molecule has 38 heavy (non-hydrogen) atoms. The van der Waals surface area contributed by atoms with Gasteiger partial charge in [-0.3, -0.25) is 9.69 Å². The Kier molecular flexibility index (Phi) is 10.8. The summed E-state index contributed by atoms with van der Waals surface area (Å²) in [5.74, 6) is 1.53. The Morgan fingerprint density at radius 1 is 1.13 bits per heavy atom. The average molecular weight is 592 g/mol. The van der Waals surface area contributed by atoms with Crippen LogP contribution < -0.4 is 10.6 Å². The lowest BCUT2D eigenvalue weighted by Crippen LogP contribution is -2.50. The van der Waals surface area contributed by atoms with E-state index in [-0.39, 0.29) is 53.4 Å². The zero-order valence-corrected chi connectivity index (χ0v) is 23.8. The van der Waals surface area contributed by atoms with E-state index >= 15 is 0 Å². The van der Waals surface area contributed by atoms with Crippen LogP contribution in [0.3, 0.4) is 0 Å². The van der Waals surface area contributed by atoms with Gasteiger partial charge in [-0.25, -0.2) is 13.4 Å². The minimum atomic E-state index is -3.69. The molecule has 1 aliphatic carbocycles. The van der Waals surface area contributed by atoms with Crippen LogP contribution in [-0.2, 0) is 14.8 Å². The molecule has 2 aromatic heterocycles. The van der Waals surface area contributed by atoms with Crippen LogP contribution in [0.1, 0.15) is 54.8 Å². The lowest BCUT2D eigenvalue weighted by atomic mass is 10.0. The van der Waals surface area contributed by atoms with Crippen LogP contribution in [0.4, 0.5) is 5.82 Å². The van der Waals surface area contributed by atoms with E-state index in [1.807, 2.05) is 6.92 Å². The molecular formula is C24H36Cl2N6O5S. The Morgan fingerprint density at radius 3 is 2.55 bits per heavy atom. The number of ether oxygens (including phenoxy) is 1. The number of pyridine rings is 1. The van der Waals surface area contributed by atoms with Crippen LogP contribution in [0.5, 0.6) is 0 Å². The summed E-state index contributed by atoms with van der Waals surface area (Å²) in [5, 5.41) is 10.1. The topological polar surface area (TPSA) is 130 Å². The molecule has 0 radical (unpaired) electrons. The van der Waals surface area contributed by atoms with Gasteiger partial charge in [0.05, 0.1) is 13.2 Å². The molecule has 2 aromatic rings. The minimum absolute atomic E-state index is 0. The van der Waals surface area contributed by atoms with Gasteiger partial charge in [0.2, 0.25) is 10.0 Å². The number of carbonyl (C=O) groups is 1. The van der Waals surface area contributed by atoms with Gasteiger partial charge in [-0.15, -0.1) is 24.8 Å². The van der Waals surface area contributed by atoms with Gasteiger partial charge in [-0.2, -0.15) is 4.31 Å². The lowest BCUT2D eigenvalue weighted by Gasteiger charge is -2.36. The summed E-state index contributed by atoms with van der Waals surface area (Å²) in [6.07, 6.45) is 4.61. The first kappa shape index (κ1) is 30.6. The van der Waals surface area contributed by atoms with E-state index in [2.05, 4.69) is 25.7 Å². The molecule has 11 nitrogen and oxygen atoms in total. The number of sulfonamides is 1. The van der Waals surface area contributed by atoms with E-state index in [0.717, 1.165) is 58.0 Å². The highest BCUT2D eigenvalue weighted by molar-refractivity contribution is 7.89. The van der Waals surface area contributed by atoms with Crippen molar-refractivity contribution in [2.45, 2.75) is 55.5 Å². The molecule has 1 amide bonds. The van der Waals surface area contributed by atoms with Crippen molar-refractivity contribution in [1.82, 2.24) is 24.7 Å². The molecular weight excluding hydrogens is 555 g/mol. The monoisotopic (exact) mass is 590 g/mol. The second kappa shape index (κ2) is 13.4. The van der Waals surface area contributed by atoms with Crippen LogP contribution in [0.2, 0.25) is 0 Å². The van der Waals surface area contributed by atoms with Crippen molar-refractivity contribution in [3.8, 4) is 0 Å². The predicted octanol–water partition coefficient (Wildman–Crippen LogP) is 2.51. The summed E-state index contributed by atoms with van der Waals surface area (Å²) in [5.41, 5.74) is 0.282. The van der Waals surface area contributed by atoms with Crippen LogP contribution in [0.25, 0.3) is 0 Å². The highest BCUT2D eigenvalue weighted by Gasteiger charge is 2.36. The molecule has 3 aliphatic rings. The third-order valence-electron chi connectivity index (χ3n) is 7.07. The van der Waals surface area contributed by atoms with Gasteiger partial charge in [-0.05, 0) is 44.7 Å². The maximum Gasteiger partial charge on any atom is 0.273 e. The summed E-state index contributed by atoms with van der Waals surface area (Å²) in [4.78, 5) is 19.4. The minimum Gasteiger partial charge on any atom is -0.379 e. The molecule has 1 saturated carbocycles. The van der Waals surface area contributed by atoms with E-state index < -0.39 is 10.0 Å². The summed E-state index contributed by atoms with van der Waals surface area (Å²) in [6, 6.07) is 4.63. The number of nitrogens with zero attached hydrogens (tertiary/aromatic N) is 4. The van der Waals surface area contributed by atoms with Crippen LogP contribution in [0, 0.1) is 0 Å². The third-order valence-corrected chi connectivity index (χ3v) is 9.07. The SMILES string of the molecule is C[C@H]1C[C@@H](NC(=O)c2cc(C3CC3)on2)CCN1S(=O)(=O)c1ccc(NCCN2CCOCC2)nc1.Cl.Cl. The second-order valence-corrected chi connectivity index (χ2v) is 11.7. The van der Waals surface area contributed by atoms with Crippen molar-refractivity contribution in [3.05, 3.63) is 35.9 Å². The predicted molar refractivity (Wildman–Crippen MR) is 147 cm³/mol. The molecule has 3 fully saturated rings. The number of morpholine rings is 1. The highest BCUT2D eigenvalue weighted by Crippen LogP contribution is 2.40. The zero-order valence-electron chi connectivity index (χ0n) is 21.4. The van der Waals surface area contributed by atoms with Crippen molar-refractivity contribution in [3.63, 3.8) is 0 Å². The van der Waals surface area contributed by atoms with Crippen molar-refractivity contribution < 1.29 is 22.5 Å². The molecule has 0 bridgehead atoms. The number of nitrogens with one attached hydrogen (secondary N) is 2. The fourth-order valence-electron chi connectivity index (χ4n) is 4.79. The Balaban J connectivity index is 0.00000200. The number of aromatic nitrogens is 2. The molecule has 2 saturated heterocycles. The first-order chi connectivity index (χ1) is 17.4. The Hall–Kier alpha value is -1.96. The van der Waals surface area contributed by atoms with E-state index in [9.17, 15) is 13.2 Å². The molecule has 2 atom stereocenters. The summed E-state index contributed by atoms with van der Waals surface area (Å²) in [6.45, 7) is 7.16. The summed E-state index contributed by atoms with van der Waals surface area (Å²) in [7, 11) is -3.69. The van der Waals surface area contributed by atoms with Crippen LogP contribution >= 0.6 is 24.8 Å². The quantitative estimate of drug-likeness (QED) is 0.452. The first-order valence-corrected chi connectivity index (χ1v) is 14.1. The first-order valence-electron chi connectivity index (χ1n) is 12.7. The fourth-order valence-corrected chi connectivity index (χ4v) is 6.40. The van der Waals surface area contributed by atoms with Gasteiger partial charge < -0.3 is 19.9 Å². The number of rotatable bonds is 9. The van der Waals surface area contributed by atoms with Gasteiger partial charge in [-0.1, -0.05) is 5.16 Å². The van der Waals surface area contributed by atoms with E-state index in [1.54, 1.807) is 18.2 Å². The maximum atomic E-state index is 13.3. The van der Waals surface area contributed by atoms with Gasteiger partial charge >= 0.3 is 0 Å². The molecule has 0 spiro atoms. The van der Waals surface area contributed by atoms with Crippen molar-refractivity contribution in [1.29, 1.82) is 0 Å². The highest BCUT2D eigenvalue weighted by atomic mass is 35.5. The molecule has 5 rings (SSSR count). The number of hydrogen-bond donors (Lipinski definition) is 2. The fraction of sp³-hybridized carbons (Fsp3) is 0.625. The number of amides is 1. The number of halogens is 2. The normalized spacial score (nSPS) is 22.7. The zero-order chi connectivity index (χ0) is 25.1. The van der Waals surface area contributed by atoms with Crippen LogP contribution in [0.15, 0.2) is 33.8 Å². The molecule has 0 aromatic carbocycles. The van der Waals surface area contributed by atoms with Crippen molar-refractivity contribution in [2.24, 2.45) is 0 Å². The van der Waals surface area contributed by atoms with E-state index in [4.69, 9.17) is 9.26 Å². The number of hydrogen-bond acceptors (Lipinski definition) is 9. The number of piperidine rings is 1. The molecule has 2 aliphatic heterocycles. The molecule has 0 unspecified atom stereocenters. The summed E-state index contributed by atoms with van der Waals surface area (Å²) < 4.78 is 38.7. The van der Waals surface area contributed by atoms with E-state index in [1.165, 1.54) is 10.5 Å². The molecule has 14 heteroatoms. The Labute approximate surface area is 235 Å². The Bertz CT molecular complexity index is 1160. The number of anilines is 1. The molecule has 4 heterocycles. The van der Waals surface area contributed by atoms with Gasteiger partial charge in [0.1, 0.15) is 16.5 Å². The summed E-state index contributed by atoms with van der Waals surface area (Å²) >= 11 is 0. The second-order valence-electron chi connectivity index (χ2n) is 9.81. The van der Waals surface area contributed by atoms with Gasteiger partial charge in [0, 0.05) is 63.0 Å². The molecule has 2 N–H and O–H groups in total. The maximum absolute atomic E-state index is 13.3. The average Bonchev–Trinajstić information content (AvgIpc) is 3.61. The smallest absolute Gasteiger partial charge is 0.273 e. The number of carbonyl (C=O) groups excluding carboxylic acids is 1. The van der Waals surface area contributed by atoms with Gasteiger partial charge in [0.25, 0.3) is 5.91 Å². The van der Waals surface area contributed by atoms with E-state index in [0.29, 0.717) is 31.1 Å². The van der Waals surface area contributed by atoms with Crippen LogP contribution in [-0.4, -0.2) is 91.7 Å². The Morgan fingerprint density at radius 2 is 1.89 bits per heavy atom. The lowest BCUT2D eigenvalue weighted by molar-refractivity contribution is 0.0398.